The molecule has 2 saturated carbocycles. The second-order valence-electron chi connectivity index (χ2n) is 7.52. The molecule has 0 bridgehead atoms. The van der Waals surface area contributed by atoms with Crippen LogP contribution in [-0.2, 0) is 4.79 Å². The van der Waals surface area contributed by atoms with Crippen LogP contribution >= 0.6 is 0 Å². The molecule has 0 spiro atoms. The summed E-state index contributed by atoms with van der Waals surface area (Å²) in [5.41, 5.74) is 0. The van der Waals surface area contributed by atoms with Crippen LogP contribution in [0.3, 0.4) is 0 Å². The molecule has 1 heterocycles. The number of urea groups is 1. The average Bonchev–Trinajstić information content (AvgIpc) is 3.25. The van der Waals surface area contributed by atoms with E-state index in [1.165, 1.54) is 32.1 Å². The van der Waals surface area contributed by atoms with Crippen molar-refractivity contribution in [1.29, 1.82) is 0 Å². The Labute approximate surface area is 139 Å². The van der Waals surface area contributed by atoms with Crippen LogP contribution in [0.1, 0.15) is 70.6 Å². The van der Waals surface area contributed by atoms with Gasteiger partial charge >= 0.3 is 6.03 Å². The second-order valence-corrected chi connectivity index (χ2v) is 7.52. The molecule has 0 radical (unpaired) electrons. The lowest BCUT2D eigenvalue weighted by Crippen LogP contribution is -2.53. The summed E-state index contributed by atoms with van der Waals surface area (Å²) in [6.45, 7) is 0.716. The van der Waals surface area contributed by atoms with Crippen molar-refractivity contribution in [3.05, 3.63) is 0 Å². The molecule has 3 amide bonds. The van der Waals surface area contributed by atoms with Gasteiger partial charge in [-0.3, -0.25) is 4.79 Å². The molecule has 130 valence electrons. The zero-order chi connectivity index (χ0) is 16.2. The van der Waals surface area contributed by atoms with Crippen molar-refractivity contribution in [3.8, 4) is 0 Å². The Hall–Kier alpha value is -1.26. The number of rotatable bonds is 3. The van der Waals surface area contributed by atoms with Crippen molar-refractivity contribution in [1.82, 2.24) is 15.1 Å². The molecular formula is C18H31N3O2. The number of likely N-dealkylation sites (N-methyl/N-ethyl adjacent to an activating group) is 1. The van der Waals surface area contributed by atoms with Crippen LogP contribution in [0.15, 0.2) is 0 Å². The summed E-state index contributed by atoms with van der Waals surface area (Å²) in [5.74, 6) is 0.146. The molecule has 2 aliphatic carbocycles. The highest BCUT2D eigenvalue weighted by Gasteiger charge is 2.38. The van der Waals surface area contributed by atoms with E-state index in [0.717, 1.165) is 38.5 Å². The van der Waals surface area contributed by atoms with Gasteiger partial charge in [-0.25, -0.2) is 4.79 Å². The minimum absolute atomic E-state index is 0.0208. The van der Waals surface area contributed by atoms with Crippen LogP contribution in [0, 0.1) is 0 Å². The first-order valence-corrected chi connectivity index (χ1v) is 9.50. The summed E-state index contributed by atoms with van der Waals surface area (Å²) in [6.07, 6.45) is 12.3. The Bertz CT molecular complexity index is 428. The molecule has 5 nitrogen and oxygen atoms in total. The Morgan fingerprint density at radius 3 is 2.26 bits per heavy atom. The van der Waals surface area contributed by atoms with Gasteiger partial charge in [-0.05, 0) is 38.5 Å². The third-order valence-corrected chi connectivity index (χ3v) is 5.95. The van der Waals surface area contributed by atoms with Gasteiger partial charge in [0, 0.05) is 25.7 Å². The molecule has 23 heavy (non-hydrogen) atoms. The molecule has 1 aliphatic heterocycles. The standard InChI is InChI=1S/C18H31N3O2/c1-20(15-10-5-6-11-15)17(22)16-12-7-13-21(16)18(23)19-14-8-3-2-4-9-14/h14-16H,2-13H2,1H3,(H,19,23)/t16-/m0/s1. The molecule has 0 unspecified atom stereocenters. The SMILES string of the molecule is CN(C(=O)[C@@H]1CCCN1C(=O)NC1CCCCC1)C1CCCC1. The van der Waals surface area contributed by atoms with Crippen molar-refractivity contribution < 1.29 is 9.59 Å². The monoisotopic (exact) mass is 321 g/mol. The molecule has 5 heteroatoms. The molecule has 0 aromatic heterocycles. The Morgan fingerprint density at radius 2 is 1.57 bits per heavy atom. The number of hydrogen-bond acceptors (Lipinski definition) is 2. The number of nitrogens with zero attached hydrogens (tertiary/aromatic N) is 2. The van der Waals surface area contributed by atoms with Crippen molar-refractivity contribution in [2.24, 2.45) is 0 Å². The fraction of sp³-hybridized carbons (Fsp3) is 0.889. The topological polar surface area (TPSA) is 52.7 Å². The Kier molecular flexibility index (Phi) is 5.44. The maximum absolute atomic E-state index is 12.8. The van der Waals surface area contributed by atoms with E-state index < -0.39 is 0 Å². The number of carbonyl (C=O) groups excluding carboxylic acids is 2. The van der Waals surface area contributed by atoms with Crippen LogP contribution < -0.4 is 5.32 Å². The predicted octanol–water partition coefficient (Wildman–Crippen LogP) is 2.89. The first-order valence-electron chi connectivity index (χ1n) is 9.50. The van der Waals surface area contributed by atoms with Gasteiger partial charge in [0.05, 0.1) is 0 Å². The van der Waals surface area contributed by atoms with Crippen LogP contribution in [0.4, 0.5) is 4.79 Å². The van der Waals surface area contributed by atoms with Crippen molar-refractivity contribution in [2.45, 2.75) is 88.8 Å². The molecule has 0 aromatic rings. The van der Waals surface area contributed by atoms with Crippen LogP contribution in [0.2, 0.25) is 0 Å². The number of amides is 3. The van der Waals surface area contributed by atoms with E-state index in [2.05, 4.69) is 5.32 Å². The molecule has 3 aliphatic rings. The van der Waals surface area contributed by atoms with E-state index in [1.807, 2.05) is 11.9 Å². The molecule has 3 rings (SSSR count). The zero-order valence-corrected chi connectivity index (χ0v) is 14.4. The number of likely N-dealkylation sites (tertiary alicyclic amines) is 1. The highest BCUT2D eigenvalue weighted by atomic mass is 16.2. The third-order valence-electron chi connectivity index (χ3n) is 5.95. The van der Waals surface area contributed by atoms with Crippen LogP contribution in [0.5, 0.6) is 0 Å². The lowest BCUT2D eigenvalue weighted by molar-refractivity contribution is -0.135. The van der Waals surface area contributed by atoms with Gasteiger partial charge in [0.25, 0.3) is 0 Å². The minimum Gasteiger partial charge on any atom is -0.341 e. The number of hydrogen-bond donors (Lipinski definition) is 1. The third kappa shape index (κ3) is 3.81. The fourth-order valence-corrected chi connectivity index (χ4v) is 4.48. The van der Waals surface area contributed by atoms with Gasteiger partial charge in [-0.1, -0.05) is 32.1 Å². The van der Waals surface area contributed by atoms with Crippen LogP contribution in [-0.4, -0.2) is 53.5 Å². The van der Waals surface area contributed by atoms with Gasteiger partial charge in [-0.2, -0.15) is 0 Å². The first-order chi connectivity index (χ1) is 11.2. The molecule has 1 saturated heterocycles. The average molecular weight is 321 g/mol. The van der Waals surface area contributed by atoms with Gasteiger partial charge < -0.3 is 15.1 Å². The van der Waals surface area contributed by atoms with Crippen molar-refractivity contribution >= 4 is 11.9 Å². The van der Waals surface area contributed by atoms with Crippen molar-refractivity contribution in [3.63, 3.8) is 0 Å². The fourth-order valence-electron chi connectivity index (χ4n) is 4.48. The second kappa shape index (κ2) is 7.54. The van der Waals surface area contributed by atoms with E-state index in [9.17, 15) is 9.59 Å². The highest BCUT2D eigenvalue weighted by Crippen LogP contribution is 2.26. The summed E-state index contributed by atoms with van der Waals surface area (Å²) in [4.78, 5) is 29.2. The predicted molar refractivity (Wildman–Crippen MR) is 90.2 cm³/mol. The van der Waals surface area contributed by atoms with E-state index in [0.29, 0.717) is 18.6 Å². The molecule has 1 N–H and O–H groups in total. The van der Waals surface area contributed by atoms with Gasteiger partial charge in [0.15, 0.2) is 0 Å². The van der Waals surface area contributed by atoms with E-state index in [4.69, 9.17) is 0 Å². The summed E-state index contributed by atoms with van der Waals surface area (Å²) in [6, 6.07) is 0.420. The van der Waals surface area contributed by atoms with E-state index in [-0.39, 0.29) is 18.0 Å². The molecule has 1 atom stereocenters. The lowest BCUT2D eigenvalue weighted by Gasteiger charge is -2.33. The summed E-state index contributed by atoms with van der Waals surface area (Å²) >= 11 is 0. The minimum atomic E-state index is -0.246. The maximum atomic E-state index is 12.8. The summed E-state index contributed by atoms with van der Waals surface area (Å²) < 4.78 is 0. The quantitative estimate of drug-likeness (QED) is 0.869. The number of nitrogens with one attached hydrogen (secondary N) is 1. The Balaban J connectivity index is 1.57. The van der Waals surface area contributed by atoms with Crippen LogP contribution in [0.25, 0.3) is 0 Å². The van der Waals surface area contributed by atoms with Gasteiger partial charge in [0.1, 0.15) is 6.04 Å². The maximum Gasteiger partial charge on any atom is 0.318 e. The molecule has 0 aromatic carbocycles. The first kappa shape index (κ1) is 16.6. The zero-order valence-electron chi connectivity index (χ0n) is 14.4. The largest absolute Gasteiger partial charge is 0.341 e. The van der Waals surface area contributed by atoms with E-state index in [1.54, 1.807) is 4.90 Å². The lowest BCUT2D eigenvalue weighted by atomic mass is 9.96. The normalized spacial score (nSPS) is 26.5. The highest BCUT2D eigenvalue weighted by molar-refractivity contribution is 5.87. The van der Waals surface area contributed by atoms with E-state index >= 15 is 0 Å². The molecular weight excluding hydrogens is 290 g/mol. The summed E-state index contributed by atoms with van der Waals surface area (Å²) in [7, 11) is 1.92. The number of carbonyl (C=O) groups is 2. The molecule has 3 fully saturated rings. The Morgan fingerprint density at radius 1 is 0.913 bits per heavy atom. The smallest absolute Gasteiger partial charge is 0.318 e. The van der Waals surface area contributed by atoms with Crippen molar-refractivity contribution in [2.75, 3.05) is 13.6 Å². The van der Waals surface area contributed by atoms with Gasteiger partial charge in [-0.15, -0.1) is 0 Å². The van der Waals surface area contributed by atoms with Gasteiger partial charge in [0.2, 0.25) is 5.91 Å². The summed E-state index contributed by atoms with van der Waals surface area (Å²) in [5, 5.41) is 3.17.